The van der Waals surface area contributed by atoms with E-state index in [0.717, 1.165) is 6.42 Å². The summed E-state index contributed by atoms with van der Waals surface area (Å²) in [6, 6.07) is 5.06. The molecule has 1 aliphatic heterocycles. The molecule has 1 aromatic rings. The summed E-state index contributed by atoms with van der Waals surface area (Å²) in [6.45, 7) is 5.04. The van der Waals surface area contributed by atoms with Crippen LogP contribution < -0.4 is 10.2 Å². The first-order chi connectivity index (χ1) is 9.72. The maximum absolute atomic E-state index is 11.3. The van der Waals surface area contributed by atoms with E-state index in [1.54, 1.807) is 18.2 Å². The number of hydrazine groups is 1. The molecule has 1 heterocycles. The molecular weight excluding hydrogens is 262 g/mol. The third-order valence-corrected chi connectivity index (χ3v) is 2.93. The predicted molar refractivity (Wildman–Crippen MR) is 74.9 cm³/mol. The average molecular weight is 281 g/mol. The van der Waals surface area contributed by atoms with Crippen molar-refractivity contribution in [1.29, 1.82) is 0 Å². The summed E-state index contributed by atoms with van der Waals surface area (Å²) in [4.78, 5) is 10.9. The van der Waals surface area contributed by atoms with E-state index in [1.807, 2.05) is 11.9 Å². The van der Waals surface area contributed by atoms with E-state index in [2.05, 4.69) is 5.43 Å². The molecule has 0 radical (unpaired) electrons. The fourth-order valence-corrected chi connectivity index (χ4v) is 1.97. The molecule has 0 saturated carbocycles. The lowest BCUT2D eigenvalue weighted by Crippen LogP contribution is -2.40. The van der Waals surface area contributed by atoms with E-state index in [-0.39, 0.29) is 5.69 Å². The van der Waals surface area contributed by atoms with Crippen molar-refractivity contribution in [3.63, 3.8) is 0 Å². The Morgan fingerprint density at radius 3 is 2.85 bits per heavy atom. The van der Waals surface area contributed by atoms with Gasteiger partial charge in [-0.3, -0.25) is 10.1 Å². The van der Waals surface area contributed by atoms with Crippen LogP contribution in [0.3, 0.4) is 0 Å². The van der Waals surface area contributed by atoms with Crippen molar-refractivity contribution in [3.8, 4) is 5.75 Å². The van der Waals surface area contributed by atoms with Gasteiger partial charge in [-0.2, -0.15) is 0 Å². The monoisotopic (exact) mass is 281 g/mol. The molecular formula is C13H19N3O4. The van der Waals surface area contributed by atoms with Crippen molar-refractivity contribution >= 4 is 11.4 Å². The van der Waals surface area contributed by atoms with Gasteiger partial charge in [-0.1, -0.05) is 13.0 Å². The van der Waals surface area contributed by atoms with Gasteiger partial charge >= 0.3 is 5.69 Å². The number of benzene rings is 1. The van der Waals surface area contributed by atoms with Gasteiger partial charge in [0.25, 0.3) is 0 Å². The standard InChI is InChI=1S/C13H19N3O4/c1-2-8-20-12-5-3-4-11(13(12)16(17)18)14-15-6-9-19-10-7-15/h3-5,14H,2,6-10H2,1H3. The lowest BCUT2D eigenvalue weighted by atomic mass is 10.2. The number of nitrogens with zero attached hydrogens (tertiary/aromatic N) is 2. The lowest BCUT2D eigenvalue weighted by Gasteiger charge is -2.27. The van der Waals surface area contributed by atoms with Crippen molar-refractivity contribution in [2.45, 2.75) is 13.3 Å². The van der Waals surface area contributed by atoms with E-state index in [1.165, 1.54) is 0 Å². The second-order valence-corrected chi connectivity index (χ2v) is 4.47. The Hall–Kier alpha value is -1.86. The Morgan fingerprint density at radius 2 is 2.20 bits per heavy atom. The zero-order valence-corrected chi connectivity index (χ0v) is 11.5. The first-order valence-electron chi connectivity index (χ1n) is 6.72. The summed E-state index contributed by atoms with van der Waals surface area (Å²) in [5, 5.41) is 13.2. The van der Waals surface area contributed by atoms with Crippen LogP contribution in [0.4, 0.5) is 11.4 Å². The molecule has 1 aromatic carbocycles. The van der Waals surface area contributed by atoms with Crippen molar-refractivity contribution in [1.82, 2.24) is 5.01 Å². The van der Waals surface area contributed by atoms with Crippen molar-refractivity contribution in [2.75, 3.05) is 38.3 Å². The van der Waals surface area contributed by atoms with Gasteiger partial charge in [0.2, 0.25) is 0 Å². The molecule has 0 bridgehead atoms. The number of nitro benzene ring substituents is 1. The molecule has 0 unspecified atom stereocenters. The highest BCUT2D eigenvalue weighted by molar-refractivity contribution is 5.68. The van der Waals surface area contributed by atoms with Crippen molar-refractivity contribution in [2.24, 2.45) is 0 Å². The zero-order valence-electron chi connectivity index (χ0n) is 11.5. The largest absolute Gasteiger partial charge is 0.487 e. The Balaban J connectivity index is 2.19. The van der Waals surface area contributed by atoms with Crippen molar-refractivity contribution in [3.05, 3.63) is 28.3 Å². The summed E-state index contributed by atoms with van der Waals surface area (Å²) in [5.74, 6) is 0.301. The third-order valence-electron chi connectivity index (χ3n) is 2.93. The highest BCUT2D eigenvalue weighted by Gasteiger charge is 2.23. The molecule has 1 saturated heterocycles. The molecule has 7 nitrogen and oxygen atoms in total. The summed E-state index contributed by atoms with van der Waals surface area (Å²) in [5.41, 5.74) is 3.51. The van der Waals surface area contributed by atoms with Crippen LogP contribution in [0.1, 0.15) is 13.3 Å². The number of nitrogens with one attached hydrogen (secondary N) is 1. The summed E-state index contributed by atoms with van der Waals surface area (Å²) < 4.78 is 10.7. The maximum atomic E-state index is 11.3. The normalized spacial score (nSPS) is 15.8. The van der Waals surface area contributed by atoms with Crippen LogP contribution in [0.2, 0.25) is 0 Å². The molecule has 0 amide bonds. The number of hydrogen-bond donors (Lipinski definition) is 1. The van der Waals surface area contributed by atoms with Crippen LogP contribution in [-0.2, 0) is 4.74 Å². The molecule has 1 aliphatic rings. The number of anilines is 1. The van der Waals surface area contributed by atoms with E-state index in [0.29, 0.717) is 44.3 Å². The van der Waals surface area contributed by atoms with Crippen molar-refractivity contribution < 1.29 is 14.4 Å². The summed E-state index contributed by atoms with van der Waals surface area (Å²) >= 11 is 0. The molecule has 1 N–H and O–H groups in total. The van der Waals surface area contributed by atoms with E-state index < -0.39 is 4.92 Å². The van der Waals surface area contributed by atoms with E-state index in [9.17, 15) is 10.1 Å². The minimum Gasteiger partial charge on any atom is -0.487 e. The number of morpholine rings is 1. The SMILES string of the molecule is CCCOc1cccc(NN2CCOCC2)c1[N+](=O)[O-]. The third kappa shape index (κ3) is 3.58. The van der Waals surface area contributed by atoms with Gasteiger partial charge < -0.3 is 14.9 Å². The Morgan fingerprint density at radius 1 is 1.45 bits per heavy atom. The quantitative estimate of drug-likeness (QED) is 0.635. The minimum atomic E-state index is -0.409. The maximum Gasteiger partial charge on any atom is 0.335 e. The molecule has 0 spiro atoms. The number of nitro groups is 1. The molecule has 0 atom stereocenters. The Labute approximate surface area is 117 Å². The topological polar surface area (TPSA) is 76.9 Å². The molecule has 7 heteroatoms. The molecule has 1 fully saturated rings. The zero-order chi connectivity index (χ0) is 14.4. The summed E-state index contributed by atoms with van der Waals surface area (Å²) in [6.07, 6.45) is 0.804. The van der Waals surface area contributed by atoms with E-state index in [4.69, 9.17) is 9.47 Å². The number of para-hydroxylation sites is 1. The minimum absolute atomic E-state index is 0.0209. The van der Waals surface area contributed by atoms with Gasteiger partial charge in [0.1, 0.15) is 5.69 Å². The molecule has 2 rings (SSSR count). The van der Waals surface area contributed by atoms with Gasteiger partial charge in [-0.15, -0.1) is 0 Å². The molecule has 20 heavy (non-hydrogen) atoms. The molecule has 0 aliphatic carbocycles. The van der Waals surface area contributed by atoms with Crippen LogP contribution in [0.25, 0.3) is 0 Å². The van der Waals surface area contributed by atoms with Crippen LogP contribution >= 0.6 is 0 Å². The Bertz CT molecular complexity index is 461. The van der Waals surface area contributed by atoms with Crippen LogP contribution in [0.5, 0.6) is 5.75 Å². The van der Waals surface area contributed by atoms with Gasteiger partial charge in [-0.25, -0.2) is 5.01 Å². The van der Waals surface area contributed by atoms with Gasteiger partial charge in [0, 0.05) is 13.1 Å². The van der Waals surface area contributed by atoms with Crippen LogP contribution in [0.15, 0.2) is 18.2 Å². The predicted octanol–water partition coefficient (Wildman–Crippen LogP) is 2.04. The second-order valence-electron chi connectivity index (χ2n) is 4.47. The highest BCUT2D eigenvalue weighted by atomic mass is 16.6. The number of ether oxygens (including phenoxy) is 2. The smallest absolute Gasteiger partial charge is 0.335 e. The second kappa shape index (κ2) is 7.06. The number of hydrogen-bond acceptors (Lipinski definition) is 6. The van der Waals surface area contributed by atoms with E-state index >= 15 is 0 Å². The fraction of sp³-hybridized carbons (Fsp3) is 0.538. The van der Waals surface area contributed by atoms with Gasteiger partial charge in [-0.05, 0) is 18.6 Å². The highest BCUT2D eigenvalue weighted by Crippen LogP contribution is 2.35. The first kappa shape index (κ1) is 14.5. The number of rotatable bonds is 6. The van der Waals surface area contributed by atoms with Crippen LogP contribution in [-0.4, -0.2) is 42.8 Å². The van der Waals surface area contributed by atoms with Crippen LogP contribution in [0, 0.1) is 10.1 Å². The summed E-state index contributed by atoms with van der Waals surface area (Å²) in [7, 11) is 0. The first-order valence-corrected chi connectivity index (χ1v) is 6.72. The average Bonchev–Trinajstić information content (AvgIpc) is 2.46. The molecule has 110 valence electrons. The lowest BCUT2D eigenvalue weighted by molar-refractivity contribution is -0.385. The Kier molecular flexibility index (Phi) is 5.14. The fourth-order valence-electron chi connectivity index (χ4n) is 1.97. The molecule has 0 aromatic heterocycles. The van der Waals surface area contributed by atoms with Gasteiger partial charge in [0.15, 0.2) is 5.75 Å². The van der Waals surface area contributed by atoms with Gasteiger partial charge in [0.05, 0.1) is 24.7 Å².